The van der Waals surface area contributed by atoms with Gasteiger partial charge in [0, 0.05) is 67.4 Å². The number of aromatic nitrogens is 2. The van der Waals surface area contributed by atoms with Crippen LogP contribution in [-0.2, 0) is 49.9 Å². The molecule has 0 spiro atoms. The fourth-order valence-corrected chi connectivity index (χ4v) is 10.2. The van der Waals surface area contributed by atoms with Crippen molar-refractivity contribution in [2.45, 2.75) is 98.0 Å². The lowest BCUT2D eigenvalue weighted by Crippen LogP contribution is -2.62. The summed E-state index contributed by atoms with van der Waals surface area (Å²) in [6.07, 6.45) is 6.60. The van der Waals surface area contributed by atoms with Gasteiger partial charge in [0.2, 0.25) is 5.91 Å². The average Bonchev–Trinajstić information content (AvgIpc) is 3.93. The van der Waals surface area contributed by atoms with Gasteiger partial charge in [-0.25, -0.2) is 10.4 Å². The Balaban J connectivity index is 1.11. The molecule has 2 amide bonds. The number of carbonyl (C=O) groups is 3. The van der Waals surface area contributed by atoms with Crippen LogP contribution in [0.3, 0.4) is 0 Å². The number of hydrazine groups is 1. The van der Waals surface area contributed by atoms with Crippen molar-refractivity contribution in [2.24, 2.45) is 27.2 Å². The number of esters is 1. The first-order chi connectivity index (χ1) is 32.9. The maximum atomic E-state index is 14.8. The topological polar surface area (TPSA) is 152 Å². The Morgan fingerprint density at radius 2 is 1.84 bits per heavy atom. The fourth-order valence-electron chi connectivity index (χ4n) is 10.2. The van der Waals surface area contributed by atoms with Crippen molar-refractivity contribution in [1.82, 2.24) is 30.2 Å². The molecule has 14 heteroatoms. The monoisotopic (exact) mass is 923 g/mol. The predicted molar refractivity (Wildman–Crippen MR) is 265 cm³/mol. The van der Waals surface area contributed by atoms with Crippen LogP contribution in [0.25, 0.3) is 33.3 Å². The number of nitrogens with one attached hydrogen (secondary N) is 2. The molecule has 358 valence electrons. The third-order valence-corrected chi connectivity index (χ3v) is 13.5. The molecule has 0 radical (unpaired) electrons. The van der Waals surface area contributed by atoms with Crippen molar-refractivity contribution in [1.29, 1.82) is 0 Å². The minimum atomic E-state index is -0.910. The quantitative estimate of drug-likeness (QED) is 0.0936. The van der Waals surface area contributed by atoms with E-state index in [-0.39, 0.29) is 36.7 Å². The van der Waals surface area contributed by atoms with Crippen molar-refractivity contribution < 1.29 is 28.6 Å². The average molecular weight is 923 g/mol. The molecule has 2 fully saturated rings. The second-order valence-corrected chi connectivity index (χ2v) is 19.6. The van der Waals surface area contributed by atoms with Crippen LogP contribution in [0.15, 0.2) is 95.2 Å². The number of carbonyl (C=O) groups excluding carboxylic acids is 3. The van der Waals surface area contributed by atoms with E-state index in [1.807, 2.05) is 62.5 Å². The molecule has 0 aliphatic carbocycles. The SMILES string of the molecule is CCn1c(-c2cnccc2COC)c2c3cc(ccc31)-c1cccc(c1)C[C@H](NC(=O)C(C(C)C)N1CC[C@H](CN=C=Nc3ccc(OC)cc3)C1)C(=O)N1CCC[C@H](N1)C(=O)OCC(C)(C)C2. The highest BCUT2D eigenvalue weighted by molar-refractivity contribution is 5.95. The molecule has 8 rings (SSSR count). The number of aryl methyl sites for hydroxylation is 1. The Bertz CT molecular complexity index is 2670. The molecule has 3 aromatic carbocycles. The van der Waals surface area contributed by atoms with Crippen LogP contribution in [0.1, 0.15) is 70.6 Å². The lowest BCUT2D eigenvalue weighted by Gasteiger charge is -2.36. The summed E-state index contributed by atoms with van der Waals surface area (Å²) < 4.78 is 19.4. The molecule has 6 bridgehead atoms. The van der Waals surface area contributed by atoms with E-state index in [1.165, 1.54) is 5.01 Å². The summed E-state index contributed by atoms with van der Waals surface area (Å²) in [5, 5.41) is 5.86. The second-order valence-electron chi connectivity index (χ2n) is 19.6. The number of benzene rings is 3. The zero-order valence-corrected chi connectivity index (χ0v) is 40.6. The number of hydrogen-bond acceptors (Lipinski definition) is 11. The number of ether oxygens (including phenoxy) is 3. The minimum Gasteiger partial charge on any atom is -0.497 e. The molecule has 4 atom stereocenters. The number of hydrogen-bond donors (Lipinski definition) is 2. The Hall–Kier alpha value is -6.18. The van der Waals surface area contributed by atoms with Crippen LogP contribution in [0, 0.1) is 17.3 Å². The maximum Gasteiger partial charge on any atom is 0.324 e. The Morgan fingerprint density at radius 3 is 2.60 bits per heavy atom. The Labute approximate surface area is 400 Å². The fraction of sp³-hybridized carbons (Fsp3) is 0.463. The zero-order valence-electron chi connectivity index (χ0n) is 40.6. The molecule has 3 aliphatic heterocycles. The van der Waals surface area contributed by atoms with Gasteiger partial charge in [-0.05, 0) is 121 Å². The van der Waals surface area contributed by atoms with Crippen molar-refractivity contribution in [3.05, 3.63) is 102 Å². The lowest BCUT2D eigenvalue weighted by molar-refractivity contribution is -0.155. The van der Waals surface area contributed by atoms with Crippen molar-refractivity contribution in [3.63, 3.8) is 0 Å². The van der Waals surface area contributed by atoms with Crippen LogP contribution in [-0.4, -0.2) is 108 Å². The maximum absolute atomic E-state index is 14.8. The molecule has 3 aliphatic rings. The van der Waals surface area contributed by atoms with E-state index < -0.39 is 29.5 Å². The third kappa shape index (κ3) is 10.9. The molecular weight excluding hydrogens is 857 g/mol. The molecule has 5 heterocycles. The summed E-state index contributed by atoms with van der Waals surface area (Å²) in [6.45, 7) is 14.2. The third-order valence-electron chi connectivity index (χ3n) is 13.5. The Kier molecular flexibility index (Phi) is 15.2. The van der Waals surface area contributed by atoms with E-state index in [1.54, 1.807) is 20.4 Å². The predicted octanol–water partition coefficient (Wildman–Crippen LogP) is 8.05. The van der Waals surface area contributed by atoms with E-state index in [9.17, 15) is 14.4 Å². The van der Waals surface area contributed by atoms with Crippen LogP contribution in [0.4, 0.5) is 5.69 Å². The molecule has 2 saturated heterocycles. The number of nitrogens with zero attached hydrogens (tertiary/aromatic N) is 6. The molecule has 2 aromatic heterocycles. The van der Waals surface area contributed by atoms with Gasteiger partial charge in [-0.1, -0.05) is 58.0 Å². The molecule has 1 unspecified atom stereocenters. The van der Waals surface area contributed by atoms with Gasteiger partial charge in [0.25, 0.3) is 5.91 Å². The van der Waals surface area contributed by atoms with Gasteiger partial charge < -0.3 is 24.1 Å². The number of methoxy groups -OCH3 is 2. The normalized spacial score (nSPS) is 20.4. The van der Waals surface area contributed by atoms with Crippen LogP contribution in [0.2, 0.25) is 0 Å². The summed E-state index contributed by atoms with van der Waals surface area (Å²) in [5.41, 5.74) is 11.8. The Morgan fingerprint density at radius 1 is 1.03 bits per heavy atom. The summed E-state index contributed by atoms with van der Waals surface area (Å²) in [4.78, 5) is 59.0. The molecular formula is C54H66N8O6. The standard InChI is InChI=1S/C54H66N8O6/c1-8-61-48-19-14-39-27-43(48)44(50(61)45-30-55-22-20-40(45)32-66-6)28-54(4,5)33-68-53(65)46-13-10-23-62(59-46)52(64)47(26-36-11-9-12-38(39)25-36)58-51(63)49(35(2)3)60-24-21-37(31-60)29-56-34-57-41-15-17-42(67-7)18-16-41/h9,11-12,14-20,22,25,27,30,35,37,46-47,49,59H,8,10,13,21,23-24,26,28-29,31-33H2,1-7H3,(H,58,63)/t37-,46+,47+,49?/m1/s1. The summed E-state index contributed by atoms with van der Waals surface area (Å²) in [5.74, 6) is 0.0584. The van der Waals surface area contributed by atoms with E-state index in [2.05, 4.69) is 92.3 Å². The highest BCUT2D eigenvalue weighted by Crippen LogP contribution is 2.41. The van der Waals surface area contributed by atoms with Gasteiger partial charge in [-0.3, -0.25) is 29.3 Å². The highest BCUT2D eigenvalue weighted by Gasteiger charge is 2.39. The number of aliphatic imine (C=N–C) groups is 2. The summed E-state index contributed by atoms with van der Waals surface area (Å²) in [6, 6.07) is 25.0. The largest absolute Gasteiger partial charge is 0.497 e. The van der Waals surface area contributed by atoms with Gasteiger partial charge in [0.15, 0.2) is 0 Å². The number of amides is 2. The van der Waals surface area contributed by atoms with Gasteiger partial charge in [0.1, 0.15) is 17.8 Å². The van der Waals surface area contributed by atoms with E-state index in [4.69, 9.17) is 14.2 Å². The van der Waals surface area contributed by atoms with E-state index >= 15 is 0 Å². The number of rotatable bonds is 12. The van der Waals surface area contributed by atoms with Crippen molar-refractivity contribution in [3.8, 4) is 28.1 Å². The van der Waals surface area contributed by atoms with Gasteiger partial charge >= 0.3 is 5.97 Å². The highest BCUT2D eigenvalue weighted by atomic mass is 16.5. The number of likely N-dealkylation sites (tertiary alicyclic amines) is 1. The number of fused-ring (bicyclic) bond motifs is 6. The number of cyclic esters (lactones) is 1. The minimum absolute atomic E-state index is 0.0318. The lowest BCUT2D eigenvalue weighted by atomic mass is 9.84. The van der Waals surface area contributed by atoms with Crippen molar-refractivity contribution in [2.75, 3.05) is 47.0 Å². The summed E-state index contributed by atoms with van der Waals surface area (Å²) >= 11 is 0. The van der Waals surface area contributed by atoms with Crippen LogP contribution >= 0.6 is 0 Å². The molecule has 68 heavy (non-hydrogen) atoms. The second kappa shape index (κ2) is 21.4. The smallest absolute Gasteiger partial charge is 0.324 e. The van der Waals surface area contributed by atoms with E-state index in [0.717, 1.165) is 80.9 Å². The van der Waals surface area contributed by atoms with Gasteiger partial charge in [-0.15, -0.1) is 0 Å². The zero-order chi connectivity index (χ0) is 48.0. The molecule has 5 aromatic rings. The molecule has 0 saturated carbocycles. The van der Waals surface area contributed by atoms with Gasteiger partial charge in [0.05, 0.1) is 50.3 Å². The molecule has 2 N–H and O–H groups in total. The first-order valence-electron chi connectivity index (χ1n) is 24.1. The number of pyridine rings is 1. The van der Waals surface area contributed by atoms with Crippen LogP contribution in [0.5, 0.6) is 5.75 Å². The van der Waals surface area contributed by atoms with Gasteiger partial charge in [-0.2, -0.15) is 4.99 Å². The molecule has 14 nitrogen and oxygen atoms in total. The van der Waals surface area contributed by atoms with Crippen LogP contribution < -0.4 is 15.5 Å². The first kappa shape index (κ1) is 48.3. The van der Waals surface area contributed by atoms with E-state index in [0.29, 0.717) is 45.5 Å². The summed E-state index contributed by atoms with van der Waals surface area (Å²) in [7, 11) is 3.33. The van der Waals surface area contributed by atoms with Crippen molar-refractivity contribution >= 4 is 40.4 Å². The first-order valence-corrected chi connectivity index (χ1v) is 24.1.